The van der Waals surface area contributed by atoms with Crippen molar-refractivity contribution in [2.75, 3.05) is 6.61 Å². The van der Waals surface area contributed by atoms with Gasteiger partial charge in [-0.2, -0.15) is 0 Å². The zero-order valence-electron chi connectivity index (χ0n) is 10.0. The molecule has 94 valence electrons. The average Bonchev–Trinajstić information content (AvgIpc) is 2.24. The van der Waals surface area contributed by atoms with Crippen LogP contribution in [0.2, 0.25) is 0 Å². The summed E-state index contributed by atoms with van der Waals surface area (Å²) in [5.41, 5.74) is 1.49. The van der Waals surface area contributed by atoms with Gasteiger partial charge in [-0.05, 0) is 37.1 Å². The Bertz CT molecular complexity index is 669. The van der Waals surface area contributed by atoms with Gasteiger partial charge in [-0.1, -0.05) is 0 Å². The number of benzene rings is 1. The highest BCUT2D eigenvalue weighted by Gasteiger charge is 2.11. The first-order chi connectivity index (χ1) is 8.47. The van der Waals surface area contributed by atoms with Crippen LogP contribution in [0.3, 0.4) is 0 Å². The Balaban J connectivity index is 2.64. The molecule has 0 unspecified atom stereocenters. The van der Waals surface area contributed by atoms with Gasteiger partial charge < -0.3 is 14.3 Å². The topological polar surface area (TPSA) is 76.7 Å². The van der Waals surface area contributed by atoms with Crippen molar-refractivity contribution in [2.45, 2.75) is 13.8 Å². The van der Waals surface area contributed by atoms with Crippen LogP contribution >= 0.6 is 0 Å². The van der Waals surface area contributed by atoms with Crippen molar-refractivity contribution in [1.82, 2.24) is 0 Å². The summed E-state index contributed by atoms with van der Waals surface area (Å²) in [4.78, 5) is 21.8. The smallest absolute Gasteiger partial charge is 0.341 e. The van der Waals surface area contributed by atoms with Gasteiger partial charge in [0.25, 0.3) is 0 Å². The van der Waals surface area contributed by atoms with Crippen molar-refractivity contribution in [3.8, 4) is 5.75 Å². The molecule has 5 heteroatoms. The molecule has 5 nitrogen and oxygen atoms in total. The second kappa shape index (κ2) is 4.52. The average molecular weight is 248 g/mol. The van der Waals surface area contributed by atoms with Crippen LogP contribution in [0.25, 0.3) is 11.0 Å². The summed E-state index contributed by atoms with van der Waals surface area (Å²) in [5, 5.41) is 9.26. The summed E-state index contributed by atoms with van der Waals surface area (Å²) in [6.45, 7) is 3.13. The number of fused-ring (bicyclic) bond motifs is 1. The van der Waals surface area contributed by atoms with Gasteiger partial charge in [0.1, 0.15) is 11.3 Å². The molecule has 0 saturated carbocycles. The largest absolute Gasteiger partial charge is 0.481 e. The number of carboxylic acid groups (broad SMARTS) is 1. The fourth-order valence-electron chi connectivity index (χ4n) is 1.83. The minimum atomic E-state index is -1.06. The zero-order chi connectivity index (χ0) is 13.3. The molecule has 2 rings (SSSR count). The molecule has 0 radical (unpaired) electrons. The van der Waals surface area contributed by atoms with Crippen LogP contribution in [-0.4, -0.2) is 17.7 Å². The second-order valence-electron chi connectivity index (χ2n) is 4.07. The molecule has 0 aliphatic rings. The van der Waals surface area contributed by atoms with Crippen molar-refractivity contribution >= 4 is 16.9 Å². The molecule has 0 fully saturated rings. The third-order valence-electron chi connectivity index (χ3n) is 2.50. The van der Waals surface area contributed by atoms with Gasteiger partial charge in [-0.15, -0.1) is 0 Å². The van der Waals surface area contributed by atoms with E-state index in [0.29, 0.717) is 22.3 Å². The van der Waals surface area contributed by atoms with Gasteiger partial charge in [0.05, 0.1) is 5.39 Å². The first kappa shape index (κ1) is 12.2. The van der Waals surface area contributed by atoms with Gasteiger partial charge >= 0.3 is 11.6 Å². The number of rotatable bonds is 3. The molecule has 0 aliphatic carbocycles. The molecule has 1 N–H and O–H groups in total. The summed E-state index contributed by atoms with van der Waals surface area (Å²) in [6, 6.07) is 4.79. The van der Waals surface area contributed by atoms with Crippen molar-refractivity contribution in [1.29, 1.82) is 0 Å². The van der Waals surface area contributed by atoms with E-state index in [1.165, 1.54) is 6.07 Å². The van der Waals surface area contributed by atoms with E-state index in [1.807, 2.05) is 6.92 Å². The van der Waals surface area contributed by atoms with Gasteiger partial charge in [-0.3, -0.25) is 0 Å². The third-order valence-corrected chi connectivity index (χ3v) is 2.50. The second-order valence-corrected chi connectivity index (χ2v) is 4.07. The van der Waals surface area contributed by atoms with Crippen LogP contribution in [-0.2, 0) is 4.79 Å². The summed E-state index contributed by atoms with van der Waals surface area (Å²) >= 11 is 0. The number of hydrogen-bond acceptors (Lipinski definition) is 4. The van der Waals surface area contributed by atoms with Crippen LogP contribution in [0, 0.1) is 13.8 Å². The van der Waals surface area contributed by atoms with Crippen LogP contribution in [0.4, 0.5) is 0 Å². The lowest BCUT2D eigenvalue weighted by atomic mass is 10.1. The van der Waals surface area contributed by atoms with Crippen molar-refractivity contribution in [2.24, 2.45) is 0 Å². The molecule has 0 atom stereocenters. The molecule has 2 aromatic rings. The predicted molar refractivity (Wildman–Crippen MR) is 65.1 cm³/mol. The lowest BCUT2D eigenvalue weighted by molar-refractivity contribution is -0.139. The fraction of sp³-hybridized carbons (Fsp3) is 0.231. The Morgan fingerprint density at radius 2 is 2.06 bits per heavy atom. The van der Waals surface area contributed by atoms with E-state index in [0.717, 1.165) is 5.56 Å². The highest BCUT2D eigenvalue weighted by Crippen LogP contribution is 2.29. The van der Waals surface area contributed by atoms with E-state index in [9.17, 15) is 9.59 Å². The molecule has 0 aliphatic heterocycles. The van der Waals surface area contributed by atoms with E-state index >= 15 is 0 Å². The summed E-state index contributed by atoms with van der Waals surface area (Å²) in [6.07, 6.45) is 0. The predicted octanol–water partition coefficient (Wildman–Crippen LogP) is 1.87. The molecule has 1 aromatic carbocycles. The molecule has 1 heterocycles. The first-order valence-corrected chi connectivity index (χ1v) is 5.37. The summed E-state index contributed by atoms with van der Waals surface area (Å²) < 4.78 is 10.3. The number of hydrogen-bond donors (Lipinski definition) is 1. The molecule has 0 amide bonds. The van der Waals surface area contributed by atoms with Crippen molar-refractivity contribution in [3.63, 3.8) is 0 Å². The van der Waals surface area contributed by atoms with E-state index in [2.05, 4.69) is 0 Å². The van der Waals surface area contributed by atoms with Crippen molar-refractivity contribution in [3.05, 3.63) is 39.7 Å². The van der Waals surface area contributed by atoms with E-state index in [-0.39, 0.29) is 0 Å². The molecular weight excluding hydrogens is 236 g/mol. The van der Waals surface area contributed by atoms with Crippen LogP contribution in [0.15, 0.2) is 27.4 Å². The molecule has 0 spiro atoms. The van der Waals surface area contributed by atoms with E-state index in [4.69, 9.17) is 14.3 Å². The first-order valence-electron chi connectivity index (χ1n) is 5.37. The van der Waals surface area contributed by atoms with E-state index in [1.54, 1.807) is 19.1 Å². The lowest BCUT2D eigenvalue weighted by Crippen LogP contribution is -2.10. The Morgan fingerprint density at radius 1 is 1.33 bits per heavy atom. The fourth-order valence-corrected chi connectivity index (χ4v) is 1.83. The Kier molecular flexibility index (Phi) is 3.06. The van der Waals surface area contributed by atoms with Gasteiger partial charge in [0, 0.05) is 6.07 Å². The zero-order valence-corrected chi connectivity index (χ0v) is 10.0. The number of carboxylic acids is 1. The van der Waals surface area contributed by atoms with E-state index < -0.39 is 18.2 Å². The quantitative estimate of drug-likeness (QED) is 0.839. The minimum absolute atomic E-state index is 0.403. The molecule has 0 bridgehead atoms. The number of aliphatic carboxylic acids is 1. The standard InChI is InChI=1S/C13H12O5/c1-7-3-9(17-6-11(14)15)13-8(2)5-12(16)18-10(13)4-7/h3-5H,6H2,1-2H3,(H,14,15). The lowest BCUT2D eigenvalue weighted by Gasteiger charge is -2.09. The molecule has 0 saturated heterocycles. The number of carbonyl (C=O) groups is 1. The highest BCUT2D eigenvalue weighted by molar-refractivity contribution is 5.87. The Labute approximate surface area is 103 Å². The summed E-state index contributed by atoms with van der Waals surface area (Å²) in [5.74, 6) is -0.645. The highest BCUT2D eigenvalue weighted by atomic mass is 16.5. The Hall–Kier alpha value is -2.30. The van der Waals surface area contributed by atoms with Crippen LogP contribution < -0.4 is 10.4 Å². The maximum absolute atomic E-state index is 11.3. The SMILES string of the molecule is Cc1cc(OCC(=O)O)c2c(C)cc(=O)oc2c1. The maximum Gasteiger partial charge on any atom is 0.341 e. The number of ether oxygens (including phenoxy) is 1. The van der Waals surface area contributed by atoms with Crippen LogP contribution in [0.1, 0.15) is 11.1 Å². The van der Waals surface area contributed by atoms with Gasteiger partial charge in [-0.25, -0.2) is 9.59 Å². The van der Waals surface area contributed by atoms with Gasteiger partial charge in [0.2, 0.25) is 0 Å². The minimum Gasteiger partial charge on any atom is -0.481 e. The van der Waals surface area contributed by atoms with Crippen LogP contribution in [0.5, 0.6) is 5.75 Å². The summed E-state index contributed by atoms with van der Waals surface area (Å²) in [7, 11) is 0. The molecule has 18 heavy (non-hydrogen) atoms. The maximum atomic E-state index is 11.3. The molecule has 1 aromatic heterocycles. The third kappa shape index (κ3) is 2.34. The van der Waals surface area contributed by atoms with Gasteiger partial charge in [0.15, 0.2) is 6.61 Å². The monoisotopic (exact) mass is 248 g/mol. The normalized spacial score (nSPS) is 10.6. The number of aryl methyl sites for hydroxylation is 2. The Morgan fingerprint density at radius 3 is 2.72 bits per heavy atom. The van der Waals surface area contributed by atoms with Crippen molar-refractivity contribution < 1.29 is 19.1 Å². The molecular formula is C13H12O5.